The van der Waals surface area contributed by atoms with Gasteiger partial charge in [-0.3, -0.25) is 9.36 Å². The van der Waals surface area contributed by atoms with E-state index in [1.807, 2.05) is 27.7 Å². The summed E-state index contributed by atoms with van der Waals surface area (Å²) >= 11 is 1.32. The molecule has 1 saturated carbocycles. The molecule has 7 heteroatoms. The van der Waals surface area contributed by atoms with Gasteiger partial charge in [-0.05, 0) is 40.5 Å². The van der Waals surface area contributed by atoms with Crippen molar-refractivity contribution in [1.82, 2.24) is 20.1 Å². The number of nitrogens with one attached hydrogen (secondary N) is 2. The molecule has 1 aromatic rings. The molecule has 1 aliphatic rings. The van der Waals surface area contributed by atoms with Crippen LogP contribution >= 0.6 is 11.8 Å². The molecule has 0 saturated heterocycles. The highest BCUT2D eigenvalue weighted by molar-refractivity contribution is 8.00. The molecule has 1 heterocycles. The second-order valence-electron chi connectivity index (χ2n) is 5.91. The van der Waals surface area contributed by atoms with Crippen LogP contribution in [-0.4, -0.2) is 31.5 Å². The van der Waals surface area contributed by atoms with Crippen LogP contribution in [0.2, 0.25) is 0 Å². The predicted octanol–water partition coefficient (Wildman–Crippen LogP) is 1.30. The van der Waals surface area contributed by atoms with Gasteiger partial charge in [0.2, 0.25) is 5.91 Å². The molecule has 0 spiro atoms. The van der Waals surface area contributed by atoms with Crippen LogP contribution in [0.4, 0.5) is 0 Å². The minimum absolute atomic E-state index is 0.0460. The van der Waals surface area contributed by atoms with Crippen LogP contribution in [0, 0.1) is 0 Å². The number of aromatic amines is 1. The predicted molar refractivity (Wildman–Crippen MR) is 74.3 cm³/mol. The molecule has 0 aromatic carbocycles. The maximum atomic E-state index is 12.0. The molecule has 0 bridgehead atoms. The first kappa shape index (κ1) is 14.2. The molecule has 2 N–H and O–H groups in total. The number of hydrogen-bond donors (Lipinski definition) is 2. The van der Waals surface area contributed by atoms with E-state index in [1.54, 1.807) is 4.57 Å². The van der Waals surface area contributed by atoms with Crippen LogP contribution in [0.1, 0.15) is 46.6 Å². The Labute approximate surface area is 116 Å². The summed E-state index contributed by atoms with van der Waals surface area (Å²) in [5.41, 5.74) is -0.443. The number of thioether (sulfide) groups is 1. The van der Waals surface area contributed by atoms with Gasteiger partial charge in [0, 0.05) is 11.6 Å². The van der Waals surface area contributed by atoms with Crippen molar-refractivity contribution in [1.29, 1.82) is 0 Å². The summed E-state index contributed by atoms with van der Waals surface area (Å²) in [7, 11) is 0. The largest absolute Gasteiger partial charge is 0.351 e. The summed E-state index contributed by atoms with van der Waals surface area (Å²) in [5.74, 6) is -0.0460. The van der Waals surface area contributed by atoms with Crippen molar-refractivity contribution in [2.75, 3.05) is 0 Å². The number of rotatable bonds is 4. The summed E-state index contributed by atoms with van der Waals surface area (Å²) in [4.78, 5) is 23.6. The number of carbonyl (C=O) groups is 1. The van der Waals surface area contributed by atoms with E-state index in [2.05, 4.69) is 15.5 Å². The Bertz CT molecular complexity index is 525. The minimum atomic E-state index is -0.285. The lowest BCUT2D eigenvalue weighted by molar-refractivity contribution is -0.121. The second kappa shape index (κ2) is 5.03. The minimum Gasteiger partial charge on any atom is -0.351 e. The van der Waals surface area contributed by atoms with Crippen molar-refractivity contribution in [3.8, 4) is 0 Å². The van der Waals surface area contributed by atoms with Gasteiger partial charge in [-0.15, -0.1) is 5.10 Å². The quantitative estimate of drug-likeness (QED) is 0.817. The first-order chi connectivity index (χ1) is 8.78. The molecule has 1 amide bonds. The molecule has 19 heavy (non-hydrogen) atoms. The number of amides is 1. The highest BCUT2D eigenvalue weighted by Gasteiger charge is 2.30. The zero-order valence-corrected chi connectivity index (χ0v) is 12.5. The van der Waals surface area contributed by atoms with E-state index < -0.39 is 0 Å². The van der Waals surface area contributed by atoms with Crippen LogP contribution in [0.3, 0.4) is 0 Å². The van der Waals surface area contributed by atoms with Crippen molar-refractivity contribution in [2.24, 2.45) is 0 Å². The molecule has 1 fully saturated rings. The molecule has 106 valence electrons. The summed E-state index contributed by atoms with van der Waals surface area (Å²) in [6.07, 6.45) is 2.02. The molecule has 1 aliphatic carbocycles. The van der Waals surface area contributed by atoms with E-state index in [9.17, 15) is 9.59 Å². The van der Waals surface area contributed by atoms with E-state index in [0.717, 1.165) is 12.8 Å². The number of hydrogen-bond acceptors (Lipinski definition) is 4. The molecular formula is C12H20N4O2S. The third kappa shape index (κ3) is 3.62. The maximum absolute atomic E-state index is 12.0. The van der Waals surface area contributed by atoms with E-state index in [-0.39, 0.29) is 28.4 Å². The SMILES string of the molecule is C[C@@H](Sc1n[nH]c(=O)n1C1CC1)C(=O)NC(C)(C)C. The first-order valence-corrected chi connectivity index (χ1v) is 7.31. The molecular weight excluding hydrogens is 264 g/mol. The van der Waals surface area contributed by atoms with Crippen molar-refractivity contribution >= 4 is 17.7 Å². The van der Waals surface area contributed by atoms with Gasteiger partial charge >= 0.3 is 5.69 Å². The summed E-state index contributed by atoms with van der Waals surface area (Å²) in [6.45, 7) is 7.65. The fourth-order valence-electron chi connectivity index (χ4n) is 1.71. The van der Waals surface area contributed by atoms with Gasteiger partial charge in [-0.1, -0.05) is 11.8 Å². The maximum Gasteiger partial charge on any atom is 0.344 e. The van der Waals surface area contributed by atoms with Gasteiger partial charge in [-0.25, -0.2) is 9.89 Å². The van der Waals surface area contributed by atoms with Gasteiger partial charge in [0.25, 0.3) is 0 Å². The molecule has 1 aromatic heterocycles. The van der Waals surface area contributed by atoms with Crippen LogP contribution in [-0.2, 0) is 4.79 Å². The summed E-state index contributed by atoms with van der Waals surface area (Å²) in [6, 6.07) is 0.256. The van der Waals surface area contributed by atoms with Gasteiger partial charge in [-0.2, -0.15) is 0 Å². The van der Waals surface area contributed by atoms with Crippen LogP contribution in [0.15, 0.2) is 9.95 Å². The Morgan fingerprint density at radius 2 is 2.16 bits per heavy atom. The van der Waals surface area contributed by atoms with Crippen molar-refractivity contribution in [3.63, 3.8) is 0 Å². The van der Waals surface area contributed by atoms with Crippen molar-refractivity contribution in [3.05, 3.63) is 10.5 Å². The second-order valence-corrected chi connectivity index (χ2v) is 7.22. The Morgan fingerprint density at radius 3 is 2.68 bits per heavy atom. The molecule has 0 radical (unpaired) electrons. The Kier molecular flexibility index (Phi) is 3.75. The summed E-state index contributed by atoms with van der Waals surface area (Å²) < 4.78 is 1.66. The lowest BCUT2D eigenvalue weighted by Gasteiger charge is -2.22. The third-order valence-electron chi connectivity index (χ3n) is 2.73. The van der Waals surface area contributed by atoms with Crippen LogP contribution in [0.5, 0.6) is 0 Å². The third-order valence-corrected chi connectivity index (χ3v) is 3.80. The van der Waals surface area contributed by atoms with E-state index in [0.29, 0.717) is 5.16 Å². The monoisotopic (exact) mass is 284 g/mol. The standard InChI is InChI=1S/C12H20N4O2S/c1-7(9(17)13-12(2,3)4)19-11-15-14-10(18)16(11)8-5-6-8/h7-8H,5-6H2,1-4H3,(H,13,17)(H,14,18)/t7-/m1/s1. The Balaban J connectivity index is 2.05. The zero-order chi connectivity index (χ0) is 14.2. The number of H-pyrrole nitrogens is 1. The molecule has 6 nitrogen and oxygen atoms in total. The Morgan fingerprint density at radius 1 is 1.53 bits per heavy atom. The topological polar surface area (TPSA) is 79.8 Å². The van der Waals surface area contributed by atoms with Gasteiger partial charge in [0.05, 0.1) is 5.25 Å². The average Bonchev–Trinajstić information content (AvgIpc) is 3.02. The van der Waals surface area contributed by atoms with Gasteiger partial charge in [0.1, 0.15) is 0 Å². The van der Waals surface area contributed by atoms with E-state index >= 15 is 0 Å². The molecule has 2 rings (SSSR count). The number of carbonyl (C=O) groups excluding carboxylic acids is 1. The lowest BCUT2D eigenvalue weighted by atomic mass is 10.1. The normalized spacial score (nSPS) is 17.3. The number of nitrogens with zero attached hydrogens (tertiary/aromatic N) is 2. The Hall–Kier alpha value is -1.24. The molecule has 0 aliphatic heterocycles. The van der Waals surface area contributed by atoms with Crippen LogP contribution in [0.25, 0.3) is 0 Å². The number of aromatic nitrogens is 3. The van der Waals surface area contributed by atoms with E-state index in [4.69, 9.17) is 0 Å². The van der Waals surface area contributed by atoms with Crippen LogP contribution < -0.4 is 11.0 Å². The average molecular weight is 284 g/mol. The summed E-state index contributed by atoms with van der Waals surface area (Å²) in [5, 5.41) is 9.70. The lowest BCUT2D eigenvalue weighted by Crippen LogP contribution is -2.44. The highest BCUT2D eigenvalue weighted by atomic mass is 32.2. The highest BCUT2D eigenvalue weighted by Crippen LogP contribution is 2.36. The van der Waals surface area contributed by atoms with E-state index in [1.165, 1.54) is 11.8 Å². The fraction of sp³-hybridized carbons (Fsp3) is 0.750. The van der Waals surface area contributed by atoms with Crippen molar-refractivity contribution in [2.45, 2.75) is 62.5 Å². The van der Waals surface area contributed by atoms with Crippen molar-refractivity contribution < 1.29 is 4.79 Å². The zero-order valence-electron chi connectivity index (χ0n) is 11.7. The van der Waals surface area contributed by atoms with Gasteiger partial charge in [0.15, 0.2) is 5.16 Å². The van der Waals surface area contributed by atoms with Gasteiger partial charge < -0.3 is 5.32 Å². The molecule has 0 unspecified atom stereocenters. The smallest absolute Gasteiger partial charge is 0.344 e. The molecule has 1 atom stereocenters. The first-order valence-electron chi connectivity index (χ1n) is 6.43. The fourth-order valence-corrected chi connectivity index (χ4v) is 2.64.